The van der Waals surface area contributed by atoms with Crippen LogP contribution >= 0.6 is 0 Å². The van der Waals surface area contributed by atoms with Crippen molar-refractivity contribution in [2.75, 3.05) is 31.7 Å². The van der Waals surface area contributed by atoms with E-state index in [2.05, 4.69) is 37.8 Å². The number of nitrogens with zero attached hydrogens (tertiary/aromatic N) is 2. The zero-order valence-electron chi connectivity index (χ0n) is 11.7. The van der Waals surface area contributed by atoms with E-state index in [-0.39, 0.29) is 0 Å². The third kappa shape index (κ3) is 4.05. The molecule has 0 aliphatic carbocycles. The molecule has 1 aromatic carbocycles. The van der Waals surface area contributed by atoms with E-state index < -0.39 is 0 Å². The summed E-state index contributed by atoms with van der Waals surface area (Å²) in [5.74, 6) is 0.550. The number of nitriles is 1. The van der Waals surface area contributed by atoms with Gasteiger partial charge in [0.15, 0.2) is 0 Å². The molecule has 0 aliphatic heterocycles. The fourth-order valence-electron chi connectivity index (χ4n) is 1.95. The van der Waals surface area contributed by atoms with Gasteiger partial charge < -0.3 is 9.64 Å². The maximum atomic E-state index is 9.21. The van der Waals surface area contributed by atoms with Crippen LogP contribution in [0.2, 0.25) is 0 Å². The van der Waals surface area contributed by atoms with Crippen molar-refractivity contribution < 1.29 is 4.74 Å². The normalized spacial score (nSPS) is 10.4. The van der Waals surface area contributed by atoms with Gasteiger partial charge in [-0.2, -0.15) is 5.26 Å². The molecular formula is C15H22N2O. The van der Waals surface area contributed by atoms with Crippen LogP contribution in [0.25, 0.3) is 0 Å². The summed E-state index contributed by atoms with van der Waals surface area (Å²) in [6.45, 7) is 8.83. The van der Waals surface area contributed by atoms with Crippen LogP contribution in [-0.4, -0.2) is 26.8 Å². The summed E-state index contributed by atoms with van der Waals surface area (Å²) in [5, 5.41) is 9.21. The lowest BCUT2D eigenvalue weighted by Gasteiger charge is -2.27. The molecular weight excluding hydrogens is 224 g/mol. The highest BCUT2D eigenvalue weighted by molar-refractivity contribution is 5.60. The van der Waals surface area contributed by atoms with Gasteiger partial charge in [-0.25, -0.2) is 0 Å². The van der Waals surface area contributed by atoms with Gasteiger partial charge in [0, 0.05) is 20.2 Å². The highest BCUT2D eigenvalue weighted by Crippen LogP contribution is 2.22. The lowest BCUT2D eigenvalue weighted by molar-refractivity contribution is 0.204. The third-order valence-corrected chi connectivity index (χ3v) is 2.77. The highest BCUT2D eigenvalue weighted by atomic mass is 16.5. The Hall–Kier alpha value is -1.53. The third-order valence-electron chi connectivity index (χ3n) is 2.77. The zero-order chi connectivity index (χ0) is 13.5. The first-order valence-electron chi connectivity index (χ1n) is 6.33. The fourth-order valence-corrected chi connectivity index (χ4v) is 1.95. The lowest BCUT2D eigenvalue weighted by Crippen LogP contribution is -2.31. The van der Waals surface area contributed by atoms with Crippen molar-refractivity contribution in [2.45, 2.75) is 20.8 Å². The van der Waals surface area contributed by atoms with Gasteiger partial charge in [0.2, 0.25) is 0 Å². The minimum absolute atomic E-state index is 0.550. The first-order valence-corrected chi connectivity index (χ1v) is 6.33. The van der Waals surface area contributed by atoms with Crippen LogP contribution in [0.5, 0.6) is 0 Å². The number of hydrogen-bond acceptors (Lipinski definition) is 3. The van der Waals surface area contributed by atoms with Gasteiger partial charge in [0.1, 0.15) is 6.07 Å². The topological polar surface area (TPSA) is 36.3 Å². The number of hydrogen-bond donors (Lipinski definition) is 0. The molecule has 0 N–H and O–H groups in total. The Morgan fingerprint density at radius 1 is 1.39 bits per heavy atom. The van der Waals surface area contributed by atoms with E-state index in [0.29, 0.717) is 12.5 Å². The van der Waals surface area contributed by atoms with Gasteiger partial charge >= 0.3 is 0 Å². The van der Waals surface area contributed by atoms with Crippen molar-refractivity contribution >= 4 is 5.69 Å². The molecule has 0 aliphatic rings. The SMILES string of the molecule is COCCN(CC(C)C)c1cc(C)ccc1C#N. The Morgan fingerprint density at radius 2 is 2.11 bits per heavy atom. The number of rotatable bonds is 6. The van der Waals surface area contributed by atoms with E-state index >= 15 is 0 Å². The summed E-state index contributed by atoms with van der Waals surface area (Å²) in [6.07, 6.45) is 0. The zero-order valence-corrected chi connectivity index (χ0v) is 11.7. The molecule has 1 aromatic rings. The number of benzene rings is 1. The fraction of sp³-hybridized carbons (Fsp3) is 0.533. The molecule has 0 bridgehead atoms. The second-order valence-electron chi connectivity index (χ2n) is 4.97. The van der Waals surface area contributed by atoms with Crippen LogP contribution in [0.4, 0.5) is 5.69 Å². The van der Waals surface area contributed by atoms with Crippen molar-refractivity contribution in [1.29, 1.82) is 5.26 Å². The monoisotopic (exact) mass is 246 g/mol. The van der Waals surface area contributed by atoms with Crippen LogP contribution < -0.4 is 4.90 Å². The summed E-state index contributed by atoms with van der Waals surface area (Å²) in [7, 11) is 1.70. The Balaban J connectivity index is 3.02. The molecule has 98 valence electrons. The molecule has 0 unspecified atom stereocenters. The van der Waals surface area contributed by atoms with Crippen molar-refractivity contribution in [1.82, 2.24) is 0 Å². The second-order valence-corrected chi connectivity index (χ2v) is 4.97. The van der Waals surface area contributed by atoms with E-state index in [0.717, 1.165) is 24.3 Å². The van der Waals surface area contributed by atoms with Crippen molar-refractivity contribution in [3.8, 4) is 6.07 Å². The number of methoxy groups -OCH3 is 1. The molecule has 0 radical (unpaired) electrons. The van der Waals surface area contributed by atoms with Crippen molar-refractivity contribution in [3.63, 3.8) is 0 Å². The average Bonchev–Trinajstić information content (AvgIpc) is 2.34. The number of aryl methyl sites for hydroxylation is 1. The Labute approximate surface area is 110 Å². The predicted molar refractivity (Wildman–Crippen MR) is 74.8 cm³/mol. The number of ether oxygens (including phenoxy) is 1. The Morgan fingerprint density at radius 3 is 2.67 bits per heavy atom. The second kappa shape index (κ2) is 7.03. The summed E-state index contributed by atoms with van der Waals surface area (Å²) >= 11 is 0. The standard InChI is InChI=1S/C15H22N2O/c1-12(2)11-17(7-8-18-4)15-9-13(3)5-6-14(15)10-16/h5-6,9,12H,7-8,11H2,1-4H3. The minimum Gasteiger partial charge on any atom is -0.383 e. The van der Waals surface area contributed by atoms with E-state index in [4.69, 9.17) is 4.74 Å². The maximum Gasteiger partial charge on any atom is 0.101 e. The van der Waals surface area contributed by atoms with E-state index in [1.54, 1.807) is 7.11 Å². The predicted octanol–water partition coefficient (Wildman–Crippen LogP) is 2.98. The van der Waals surface area contributed by atoms with Crippen molar-refractivity contribution in [3.05, 3.63) is 29.3 Å². The van der Waals surface area contributed by atoms with E-state index in [9.17, 15) is 5.26 Å². The molecule has 0 saturated carbocycles. The molecule has 3 heteroatoms. The molecule has 0 spiro atoms. The largest absolute Gasteiger partial charge is 0.383 e. The lowest BCUT2D eigenvalue weighted by atomic mass is 10.1. The molecule has 0 atom stereocenters. The van der Waals surface area contributed by atoms with Crippen LogP contribution in [0.1, 0.15) is 25.0 Å². The maximum absolute atomic E-state index is 9.21. The van der Waals surface area contributed by atoms with Crippen molar-refractivity contribution in [2.24, 2.45) is 5.92 Å². The van der Waals surface area contributed by atoms with Gasteiger partial charge in [0.25, 0.3) is 0 Å². The smallest absolute Gasteiger partial charge is 0.101 e. The van der Waals surface area contributed by atoms with Crippen LogP contribution in [0.3, 0.4) is 0 Å². The molecule has 0 fully saturated rings. The summed E-state index contributed by atoms with van der Waals surface area (Å²) in [5.41, 5.74) is 2.93. The van der Waals surface area contributed by atoms with Gasteiger partial charge in [-0.05, 0) is 30.5 Å². The first-order chi connectivity index (χ1) is 8.58. The molecule has 0 heterocycles. The molecule has 0 saturated heterocycles. The Bertz CT molecular complexity index is 421. The highest BCUT2D eigenvalue weighted by Gasteiger charge is 2.12. The van der Waals surface area contributed by atoms with Crippen LogP contribution in [0.15, 0.2) is 18.2 Å². The Kier molecular flexibility index (Phi) is 5.67. The van der Waals surface area contributed by atoms with Gasteiger partial charge in [0.05, 0.1) is 17.9 Å². The molecule has 3 nitrogen and oxygen atoms in total. The van der Waals surface area contributed by atoms with Gasteiger partial charge in [-0.1, -0.05) is 19.9 Å². The summed E-state index contributed by atoms with van der Waals surface area (Å²) in [6, 6.07) is 8.22. The average molecular weight is 246 g/mol. The summed E-state index contributed by atoms with van der Waals surface area (Å²) in [4.78, 5) is 2.24. The van der Waals surface area contributed by atoms with Gasteiger partial charge in [-0.15, -0.1) is 0 Å². The van der Waals surface area contributed by atoms with E-state index in [1.165, 1.54) is 5.56 Å². The van der Waals surface area contributed by atoms with Gasteiger partial charge in [-0.3, -0.25) is 0 Å². The molecule has 1 rings (SSSR count). The summed E-state index contributed by atoms with van der Waals surface area (Å²) < 4.78 is 5.15. The quantitative estimate of drug-likeness (QED) is 0.774. The molecule has 0 aromatic heterocycles. The molecule has 18 heavy (non-hydrogen) atoms. The van der Waals surface area contributed by atoms with Crippen LogP contribution in [-0.2, 0) is 4.74 Å². The number of anilines is 1. The van der Waals surface area contributed by atoms with E-state index in [1.807, 2.05) is 12.1 Å². The molecule has 0 amide bonds. The first kappa shape index (κ1) is 14.5. The minimum atomic E-state index is 0.550. The van der Waals surface area contributed by atoms with Crippen LogP contribution in [0, 0.1) is 24.2 Å².